The minimum absolute atomic E-state index is 0.468. The smallest absolute Gasteiger partial charge is 0.390 e. The van der Waals surface area contributed by atoms with Crippen molar-refractivity contribution in [3.63, 3.8) is 0 Å². The van der Waals surface area contributed by atoms with Crippen molar-refractivity contribution in [2.24, 2.45) is 5.73 Å². The van der Waals surface area contributed by atoms with Gasteiger partial charge in [0.15, 0.2) is 0 Å². The van der Waals surface area contributed by atoms with Crippen LogP contribution >= 0.6 is 0 Å². The second-order valence-corrected chi connectivity index (χ2v) is 3.32. The van der Waals surface area contributed by atoms with E-state index in [1.807, 2.05) is 0 Å². The fourth-order valence-corrected chi connectivity index (χ4v) is 1.07. The van der Waals surface area contributed by atoms with Crippen LogP contribution in [0.15, 0.2) is 6.33 Å². The van der Waals surface area contributed by atoms with E-state index >= 15 is 0 Å². The Bertz CT molecular complexity index is 433. The van der Waals surface area contributed by atoms with Gasteiger partial charge in [-0.3, -0.25) is 4.79 Å². The minimum Gasteiger partial charge on any atom is -0.390 e. The number of primary amides is 1. The van der Waals surface area contributed by atoms with Gasteiger partial charge in [0.2, 0.25) is 12.2 Å². The molecule has 1 rings (SSSR count). The molecule has 0 fully saturated rings. The first kappa shape index (κ1) is 12.9. The van der Waals surface area contributed by atoms with E-state index in [9.17, 15) is 23.7 Å². The van der Waals surface area contributed by atoms with Crippen LogP contribution in [-0.4, -0.2) is 31.5 Å². The van der Waals surface area contributed by atoms with Gasteiger partial charge in [-0.2, -0.15) is 4.68 Å². The van der Waals surface area contributed by atoms with Gasteiger partial charge in [0.25, 0.3) is 5.92 Å². The third-order valence-corrected chi connectivity index (χ3v) is 1.82. The van der Waals surface area contributed by atoms with Gasteiger partial charge in [-0.1, -0.05) is 4.98 Å². The van der Waals surface area contributed by atoms with Crippen LogP contribution in [0.2, 0.25) is 0 Å². The summed E-state index contributed by atoms with van der Waals surface area (Å²) in [6, 6.07) is 0. The number of halogens is 2. The molecule has 10 heteroatoms. The van der Waals surface area contributed by atoms with Crippen LogP contribution in [0.5, 0.6) is 0 Å². The van der Waals surface area contributed by atoms with E-state index in [1.165, 1.54) is 0 Å². The molecule has 0 aliphatic heterocycles. The second-order valence-electron chi connectivity index (χ2n) is 3.32. The third-order valence-electron chi connectivity index (χ3n) is 1.82. The van der Waals surface area contributed by atoms with Crippen molar-refractivity contribution in [1.82, 2.24) is 14.8 Å². The maximum absolute atomic E-state index is 13.2. The first-order valence-corrected chi connectivity index (χ1v) is 4.50. The number of alkyl halides is 2. The molecule has 0 saturated heterocycles. The summed E-state index contributed by atoms with van der Waals surface area (Å²) in [6.45, 7) is -0.888. The summed E-state index contributed by atoms with van der Waals surface area (Å²) in [5, 5.41) is 13.4. The van der Waals surface area contributed by atoms with Crippen LogP contribution in [0, 0.1) is 10.1 Å². The summed E-state index contributed by atoms with van der Waals surface area (Å²) in [5.41, 5.74) is 4.74. The average molecular weight is 249 g/mol. The molecule has 0 aliphatic rings. The van der Waals surface area contributed by atoms with Crippen LogP contribution < -0.4 is 5.73 Å². The van der Waals surface area contributed by atoms with E-state index in [2.05, 4.69) is 10.1 Å². The highest BCUT2D eigenvalue weighted by molar-refractivity contribution is 5.73. The molecule has 1 aromatic heterocycles. The monoisotopic (exact) mass is 249 g/mol. The zero-order chi connectivity index (χ0) is 13.1. The Kier molecular flexibility index (Phi) is 3.66. The summed E-state index contributed by atoms with van der Waals surface area (Å²) in [6.07, 6.45) is -0.379. The molecule has 0 aromatic carbocycles. The van der Waals surface area contributed by atoms with Gasteiger partial charge in [0.1, 0.15) is 6.54 Å². The van der Waals surface area contributed by atoms with Gasteiger partial charge in [-0.05, 0) is 4.92 Å². The predicted octanol–water partition coefficient (Wildman–Crippen LogP) is 0.0871. The minimum atomic E-state index is -3.23. The topological polar surface area (TPSA) is 117 Å². The van der Waals surface area contributed by atoms with E-state index in [1.54, 1.807) is 0 Å². The normalized spacial score (nSPS) is 11.4. The highest BCUT2D eigenvalue weighted by Crippen LogP contribution is 2.22. The number of amides is 1. The van der Waals surface area contributed by atoms with Gasteiger partial charge in [-0.25, -0.2) is 8.78 Å². The molecular formula is C7H9F2N5O3. The number of carbonyl (C=O) groups excluding carboxylic acids is 1. The molecule has 1 aromatic rings. The van der Waals surface area contributed by atoms with Crippen molar-refractivity contribution in [2.45, 2.75) is 25.3 Å². The molecule has 0 aliphatic carbocycles. The standard InChI is InChI=1S/C7H9F2N5O3/c8-7(9,2-1-5(10)15)3-13-4-11-6(12-13)14(16)17/h4H,1-3H2,(H2,10,15). The van der Waals surface area contributed by atoms with Gasteiger partial charge >= 0.3 is 5.95 Å². The van der Waals surface area contributed by atoms with E-state index in [0.717, 1.165) is 6.33 Å². The van der Waals surface area contributed by atoms with E-state index < -0.39 is 42.1 Å². The lowest BCUT2D eigenvalue weighted by atomic mass is 10.2. The number of nitro groups is 1. The Hall–Kier alpha value is -2.13. The quantitative estimate of drug-likeness (QED) is 0.566. The molecule has 1 amide bonds. The molecular weight excluding hydrogens is 240 g/mol. The van der Waals surface area contributed by atoms with Crippen LogP contribution in [0.1, 0.15) is 12.8 Å². The number of aromatic nitrogens is 3. The van der Waals surface area contributed by atoms with Gasteiger partial charge < -0.3 is 15.8 Å². The first-order chi connectivity index (χ1) is 7.80. The molecule has 0 radical (unpaired) electrons. The van der Waals surface area contributed by atoms with E-state index in [-0.39, 0.29) is 0 Å². The molecule has 2 N–H and O–H groups in total. The molecule has 8 nitrogen and oxygen atoms in total. The number of carbonyl (C=O) groups is 1. The first-order valence-electron chi connectivity index (χ1n) is 4.50. The average Bonchev–Trinajstić information content (AvgIpc) is 2.63. The highest BCUT2D eigenvalue weighted by Gasteiger charge is 2.32. The van der Waals surface area contributed by atoms with Crippen LogP contribution in [0.25, 0.3) is 0 Å². The molecule has 0 bridgehead atoms. The molecule has 94 valence electrons. The van der Waals surface area contributed by atoms with Gasteiger partial charge in [-0.15, -0.1) is 0 Å². The van der Waals surface area contributed by atoms with Crippen molar-refractivity contribution in [2.75, 3.05) is 0 Å². The number of nitrogens with two attached hydrogens (primary N) is 1. The molecule has 0 atom stereocenters. The summed E-state index contributed by atoms with van der Waals surface area (Å²) in [4.78, 5) is 22.9. The highest BCUT2D eigenvalue weighted by atomic mass is 19.3. The summed E-state index contributed by atoms with van der Waals surface area (Å²) < 4.78 is 27.1. The number of nitrogens with zero attached hydrogens (tertiary/aromatic N) is 4. The van der Waals surface area contributed by atoms with E-state index in [0.29, 0.717) is 4.68 Å². The van der Waals surface area contributed by atoms with Crippen LogP contribution in [0.4, 0.5) is 14.7 Å². The van der Waals surface area contributed by atoms with Crippen molar-refractivity contribution in [3.05, 3.63) is 16.4 Å². The van der Waals surface area contributed by atoms with Crippen molar-refractivity contribution in [3.8, 4) is 0 Å². The Morgan fingerprint density at radius 1 is 1.65 bits per heavy atom. The van der Waals surface area contributed by atoms with Gasteiger partial charge in [0.05, 0.1) is 0 Å². The van der Waals surface area contributed by atoms with Crippen molar-refractivity contribution >= 4 is 11.9 Å². The Morgan fingerprint density at radius 3 is 2.76 bits per heavy atom. The largest absolute Gasteiger partial charge is 0.490 e. The molecule has 0 spiro atoms. The Balaban J connectivity index is 2.62. The zero-order valence-electron chi connectivity index (χ0n) is 8.55. The second kappa shape index (κ2) is 4.80. The number of rotatable bonds is 6. The number of hydrogen-bond donors (Lipinski definition) is 1. The van der Waals surface area contributed by atoms with Crippen LogP contribution in [0.3, 0.4) is 0 Å². The summed E-state index contributed by atoms with van der Waals surface area (Å²) in [7, 11) is 0. The molecule has 0 saturated carbocycles. The zero-order valence-corrected chi connectivity index (χ0v) is 8.55. The lowest BCUT2D eigenvalue weighted by molar-refractivity contribution is -0.394. The molecule has 1 heterocycles. The third kappa shape index (κ3) is 4.09. The summed E-state index contributed by atoms with van der Waals surface area (Å²) >= 11 is 0. The maximum Gasteiger partial charge on any atom is 0.490 e. The van der Waals surface area contributed by atoms with Crippen molar-refractivity contribution < 1.29 is 18.5 Å². The molecule has 0 unspecified atom stereocenters. The SMILES string of the molecule is NC(=O)CCC(F)(F)Cn1cnc([N+](=O)[O-])n1. The lowest BCUT2D eigenvalue weighted by Gasteiger charge is -2.13. The maximum atomic E-state index is 13.2. The fraction of sp³-hybridized carbons (Fsp3) is 0.571. The molecule has 17 heavy (non-hydrogen) atoms. The van der Waals surface area contributed by atoms with E-state index in [4.69, 9.17) is 5.73 Å². The van der Waals surface area contributed by atoms with Crippen LogP contribution in [-0.2, 0) is 11.3 Å². The fourth-order valence-electron chi connectivity index (χ4n) is 1.07. The summed E-state index contributed by atoms with van der Waals surface area (Å²) in [5.74, 6) is -4.82. The van der Waals surface area contributed by atoms with Crippen molar-refractivity contribution in [1.29, 1.82) is 0 Å². The predicted molar refractivity (Wildman–Crippen MR) is 50.1 cm³/mol. The number of hydrogen-bond acceptors (Lipinski definition) is 5. The van der Waals surface area contributed by atoms with Gasteiger partial charge in [0, 0.05) is 17.9 Å². The Morgan fingerprint density at radius 2 is 2.29 bits per heavy atom. The Labute approximate surface area is 93.6 Å². The lowest BCUT2D eigenvalue weighted by Crippen LogP contribution is -2.26.